The van der Waals surface area contributed by atoms with Crippen LogP contribution in [0.15, 0.2) is 12.4 Å². The van der Waals surface area contributed by atoms with Gasteiger partial charge in [-0.05, 0) is 6.92 Å². The van der Waals surface area contributed by atoms with E-state index in [0.29, 0.717) is 6.54 Å². The van der Waals surface area contributed by atoms with E-state index < -0.39 is 11.9 Å². The lowest BCUT2D eigenvalue weighted by atomic mass is 10.3. The van der Waals surface area contributed by atoms with Crippen LogP contribution in [-0.2, 0) is 18.3 Å². The van der Waals surface area contributed by atoms with Crippen molar-refractivity contribution in [2.45, 2.75) is 13.5 Å². The molecule has 2 aromatic rings. The normalized spacial score (nSPS) is 10.5. The summed E-state index contributed by atoms with van der Waals surface area (Å²) in [7, 11) is 2.84. The Balaban J connectivity index is 2.33. The molecule has 0 spiro atoms. The number of hydrogen-bond acceptors (Lipinski definition) is 5. The Morgan fingerprint density at radius 2 is 2.19 bits per heavy atom. The molecule has 0 saturated heterocycles. The van der Waals surface area contributed by atoms with Crippen LogP contribution in [0.4, 0.5) is 5.69 Å². The van der Waals surface area contributed by atoms with E-state index in [9.17, 15) is 9.59 Å². The molecule has 0 saturated carbocycles. The number of hydrogen-bond donors (Lipinski definition) is 1. The van der Waals surface area contributed by atoms with Gasteiger partial charge >= 0.3 is 5.97 Å². The number of amides is 1. The number of anilines is 1. The summed E-state index contributed by atoms with van der Waals surface area (Å²) >= 11 is 5.91. The maximum absolute atomic E-state index is 12.2. The first-order chi connectivity index (χ1) is 9.97. The van der Waals surface area contributed by atoms with Gasteiger partial charge in [-0.1, -0.05) is 11.6 Å². The first-order valence-electron chi connectivity index (χ1n) is 6.12. The minimum atomic E-state index is -0.631. The quantitative estimate of drug-likeness (QED) is 0.860. The topological polar surface area (TPSA) is 91.0 Å². The molecule has 0 aliphatic rings. The van der Waals surface area contributed by atoms with Gasteiger partial charge in [-0.2, -0.15) is 10.2 Å². The van der Waals surface area contributed by atoms with Crippen molar-refractivity contribution in [1.29, 1.82) is 0 Å². The second-order valence-electron chi connectivity index (χ2n) is 4.16. The molecule has 0 radical (unpaired) electrons. The zero-order chi connectivity index (χ0) is 15.6. The minimum Gasteiger partial charge on any atom is -0.464 e. The molecule has 2 rings (SSSR count). The number of nitrogens with zero attached hydrogens (tertiary/aromatic N) is 4. The monoisotopic (exact) mass is 311 g/mol. The predicted molar refractivity (Wildman–Crippen MR) is 75.4 cm³/mol. The first-order valence-corrected chi connectivity index (χ1v) is 6.50. The highest BCUT2D eigenvalue weighted by Gasteiger charge is 2.22. The fraction of sp³-hybridized carbons (Fsp3) is 0.333. The van der Waals surface area contributed by atoms with Crippen LogP contribution in [0.2, 0.25) is 5.02 Å². The first kappa shape index (κ1) is 15.0. The van der Waals surface area contributed by atoms with Crippen LogP contribution in [0, 0.1) is 0 Å². The summed E-state index contributed by atoms with van der Waals surface area (Å²) in [6.45, 7) is 2.41. The zero-order valence-electron chi connectivity index (χ0n) is 11.8. The van der Waals surface area contributed by atoms with Gasteiger partial charge in [0.25, 0.3) is 5.91 Å². The van der Waals surface area contributed by atoms with Gasteiger partial charge < -0.3 is 10.1 Å². The molecule has 9 heteroatoms. The summed E-state index contributed by atoms with van der Waals surface area (Å²) in [5.41, 5.74) is 0.480. The molecule has 112 valence electrons. The van der Waals surface area contributed by atoms with E-state index in [1.807, 2.05) is 6.92 Å². The number of halogens is 1. The number of carbonyl (C=O) groups is 2. The molecule has 0 aliphatic carbocycles. The molecule has 0 atom stereocenters. The maximum Gasteiger partial charge on any atom is 0.360 e. The van der Waals surface area contributed by atoms with Crippen LogP contribution < -0.4 is 5.32 Å². The number of esters is 1. The van der Waals surface area contributed by atoms with Crippen molar-refractivity contribution < 1.29 is 14.3 Å². The number of nitrogens with one attached hydrogen (secondary N) is 1. The molecule has 0 fully saturated rings. The summed E-state index contributed by atoms with van der Waals surface area (Å²) in [5, 5.41) is 10.8. The van der Waals surface area contributed by atoms with Crippen molar-refractivity contribution in [3.8, 4) is 0 Å². The summed E-state index contributed by atoms with van der Waals surface area (Å²) < 4.78 is 7.51. The third-order valence-corrected chi connectivity index (χ3v) is 3.10. The third kappa shape index (κ3) is 2.89. The number of rotatable bonds is 4. The lowest BCUT2D eigenvalue weighted by molar-refractivity contribution is 0.0594. The largest absolute Gasteiger partial charge is 0.464 e. The molecule has 1 N–H and O–H groups in total. The number of aromatic nitrogens is 4. The van der Waals surface area contributed by atoms with Gasteiger partial charge in [-0.25, -0.2) is 4.79 Å². The smallest absolute Gasteiger partial charge is 0.360 e. The van der Waals surface area contributed by atoms with E-state index in [1.165, 1.54) is 22.7 Å². The van der Waals surface area contributed by atoms with Crippen LogP contribution in [-0.4, -0.2) is 38.5 Å². The molecule has 21 heavy (non-hydrogen) atoms. The Bertz CT molecular complexity index is 672. The van der Waals surface area contributed by atoms with E-state index in [1.54, 1.807) is 13.2 Å². The van der Waals surface area contributed by atoms with E-state index in [2.05, 4.69) is 20.3 Å². The zero-order valence-corrected chi connectivity index (χ0v) is 12.5. The van der Waals surface area contributed by atoms with E-state index in [-0.39, 0.29) is 22.1 Å². The fourth-order valence-electron chi connectivity index (χ4n) is 1.77. The molecule has 0 unspecified atom stereocenters. The Labute approximate surface area is 125 Å². The molecule has 8 nitrogen and oxygen atoms in total. The van der Waals surface area contributed by atoms with Crippen LogP contribution in [0.25, 0.3) is 0 Å². The SMILES string of the molecule is CCn1cc(NC(=O)c2c(Cl)cnn2C)c(C(=O)OC)n1. The summed E-state index contributed by atoms with van der Waals surface area (Å²) in [6, 6.07) is 0. The molecular formula is C12H14ClN5O3. The molecule has 0 aromatic carbocycles. The van der Waals surface area contributed by atoms with Gasteiger partial charge in [0.2, 0.25) is 0 Å². The standard InChI is InChI=1S/C12H14ClN5O3/c1-4-18-6-8(9(16-18)12(20)21-3)15-11(19)10-7(13)5-14-17(10)2/h5-6H,4H2,1-3H3,(H,15,19). The highest BCUT2D eigenvalue weighted by Crippen LogP contribution is 2.19. The molecule has 2 aromatic heterocycles. The van der Waals surface area contributed by atoms with Crippen molar-refractivity contribution in [2.75, 3.05) is 12.4 Å². The lowest BCUT2D eigenvalue weighted by Gasteiger charge is -2.05. The highest BCUT2D eigenvalue weighted by molar-refractivity contribution is 6.34. The van der Waals surface area contributed by atoms with Crippen molar-refractivity contribution in [3.05, 3.63) is 28.8 Å². The van der Waals surface area contributed by atoms with Crippen molar-refractivity contribution >= 4 is 29.2 Å². The second-order valence-corrected chi connectivity index (χ2v) is 4.56. The Kier molecular flexibility index (Phi) is 4.27. The van der Waals surface area contributed by atoms with E-state index >= 15 is 0 Å². The van der Waals surface area contributed by atoms with Crippen LogP contribution in [0.5, 0.6) is 0 Å². The molecule has 0 aliphatic heterocycles. The molecule has 2 heterocycles. The van der Waals surface area contributed by atoms with Gasteiger partial charge in [-0.15, -0.1) is 0 Å². The van der Waals surface area contributed by atoms with Crippen LogP contribution in [0.1, 0.15) is 27.9 Å². The average Bonchev–Trinajstić information content (AvgIpc) is 3.01. The van der Waals surface area contributed by atoms with Gasteiger partial charge in [0.1, 0.15) is 5.69 Å². The molecular weight excluding hydrogens is 298 g/mol. The third-order valence-electron chi connectivity index (χ3n) is 2.82. The molecule has 0 bridgehead atoms. The van der Waals surface area contributed by atoms with Crippen molar-refractivity contribution in [3.63, 3.8) is 0 Å². The fourth-order valence-corrected chi connectivity index (χ4v) is 2.02. The van der Waals surface area contributed by atoms with E-state index in [4.69, 9.17) is 11.6 Å². The summed E-state index contributed by atoms with van der Waals surface area (Å²) in [6.07, 6.45) is 2.92. The average molecular weight is 312 g/mol. The van der Waals surface area contributed by atoms with E-state index in [0.717, 1.165) is 0 Å². The number of carbonyl (C=O) groups excluding carboxylic acids is 2. The number of methoxy groups -OCH3 is 1. The van der Waals surface area contributed by atoms with Crippen molar-refractivity contribution in [2.24, 2.45) is 7.05 Å². The number of ether oxygens (including phenoxy) is 1. The van der Waals surface area contributed by atoms with Gasteiger partial charge in [0.15, 0.2) is 5.69 Å². The molecule has 1 amide bonds. The Hall–Kier alpha value is -2.35. The van der Waals surface area contributed by atoms with Gasteiger partial charge in [-0.3, -0.25) is 14.2 Å². The minimum absolute atomic E-state index is 0.0333. The maximum atomic E-state index is 12.2. The Morgan fingerprint density at radius 1 is 1.48 bits per heavy atom. The van der Waals surface area contributed by atoms with Crippen molar-refractivity contribution in [1.82, 2.24) is 19.6 Å². The predicted octanol–water partition coefficient (Wildman–Crippen LogP) is 1.33. The summed E-state index contributed by atoms with van der Waals surface area (Å²) in [4.78, 5) is 23.9. The Morgan fingerprint density at radius 3 is 2.71 bits per heavy atom. The number of aryl methyl sites for hydroxylation is 2. The van der Waals surface area contributed by atoms with Gasteiger partial charge in [0.05, 0.1) is 24.0 Å². The second kappa shape index (κ2) is 5.96. The van der Waals surface area contributed by atoms with Gasteiger partial charge in [0, 0.05) is 19.8 Å². The summed E-state index contributed by atoms with van der Waals surface area (Å²) in [5.74, 6) is -1.12. The highest BCUT2D eigenvalue weighted by atomic mass is 35.5. The van der Waals surface area contributed by atoms with Crippen LogP contribution in [0.3, 0.4) is 0 Å². The lowest BCUT2D eigenvalue weighted by Crippen LogP contribution is -2.18. The van der Waals surface area contributed by atoms with Crippen LogP contribution >= 0.6 is 11.6 Å².